The van der Waals surface area contributed by atoms with E-state index < -0.39 is 0 Å². The first-order chi connectivity index (χ1) is 9.52. The highest BCUT2D eigenvalue weighted by molar-refractivity contribution is 5.89. The highest BCUT2D eigenvalue weighted by Crippen LogP contribution is 2.77. The quantitative estimate of drug-likeness (QED) is 0.745. The molecule has 4 rings (SSSR count). The zero-order valence-electron chi connectivity index (χ0n) is 12.5. The minimum atomic E-state index is -0.240. The maximum absolute atomic E-state index is 12.5. The lowest BCUT2D eigenvalue weighted by Gasteiger charge is -2.66. The van der Waals surface area contributed by atoms with Crippen molar-refractivity contribution in [3.05, 3.63) is 12.7 Å². The summed E-state index contributed by atoms with van der Waals surface area (Å²) >= 11 is 0. The van der Waals surface area contributed by atoms with Crippen LogP contribution < -0.4 is 0 Å². The summed E-state index contributed by atoms with van der Waals surface area (Å²) in [5.74, 6) is 2.79. The molecule has 1 N–H and O–H groups in total. The topological polar surface area (TPSA) is 37.3 Å². The molecule has 7 atom stereocenters. The largest absolute Gasteiger partial charge is 0.392 e. The van der Waals surface area contributed by atoms with Gasteiger partial charge in [0.1, 0.15) is 5.78 Å². The van der Waals surface area contributed by atoms with Gasteiger partial charge in [0, 0.05) is 17.8 Å². The SMILES string of the molecule is C=CC1CCC2C(C)CC34CC(CCC3=O)(CC1O)[C@H]24. The van der Waals surface area contributed by atoms with Gasteiger partial charge < -0.3 is 5.11 Å². The lowest BCUT2D eigenvalue weighted by atomic mass is 9.37. The number of carbonyl (C=O) groups is 1. The molecule has 6 unspecified atom stereocenters. The van der Waals surface area contributed by atoms with Gasteiger partial charge in [-0.15, -0.1) is 6.58 Å². The van der Waals surface area contributed by atoms with Crippen molar-refractivity contribution in [2.45, 2.75) is 58.0 Å². The van der Waals surface area contributed by atoms with Crippen LogP contribution in [0.1, 0.15) is 51.9 Å². The van der Waals surface area contributed by atoms with Gasteiger partial charge in [-0.2, -0.15) is 0 Å². The highest BCUT2D eigenvalue weighted by atomic mass is 16.3. The number of Topliss-reactive ketones (excluding diaryl/α,β-unsaturated/α-hetero) is 1. The van der Waals surface area contributed by atoms with Crippen molar-refractivity contribution in [3.8, 4) is 0 Å². The number of hydrogen-bond donors (Lipinski definition) is 1. The molecule has 0 aliphatic heterocycles. The van der Waals surface area contributed by atoms with Crippen LogP contribution in [0.5, 0.6) is 0 Å². The third kappa shape index (κ3) is 1.37. The molecule has 4 aliphatic carbocycles. The van der Waals surface area contributed by atoms with E-state index in [1.165, 1.54) is 6.42 Å². The third-order valence-electron chi connectivity index (χ3n) is 7.42. The molecule has 0 aromatic carbocycles. The Morgan fingerprint density at radius 3 is 2.90 bits per heavy atom. The Balaban J connectivity index is 1.73. The summed E-state index contributed by atoms with van der Waals surface area (Å²) in [6.07, 6.45) is 8.85. The predicted octanol–water partition coefficient (Wildman–Crippen LogP) is 3.35. The predicted molar refractivity (Wildman–Crippen MR) is 78.0 cm³/mol. The molecule has 0 aromatic heterocycles. The van der Waals surface area contributed by atoms with E-state index in [1.807, 2.05) is 6.08 Å². The van der Waals surface area contributed by atoms with Crippen LogP contribution in [0.2, 0.25) is 0 Å². The number of rotatable bonds is 1. The minimum absolute atomic E-state index is 0.0308. The van der Waals surface area contributed by atoms with Crippen molar-refractivity contribution in [1.82, 2.24) is 0 Å². The fourth-order valence-corrected chi connectivity index (χ4v) is 6.83. The first-order valence-corrected chi connectivity index (χ1v) is 8.36. The number of aliphatic hydroxyl groups is 1. The summed E-state index contributed by atoms with van der Waals surface area (Å²) in [6.45, 7) is 6.28. The molecule has 2 bridgehead atoms. The second-order valence-corrected chi connectivity index (χ2v) is 8.19. The van der Waals surface area contributed by atoms with E-state index in [0.717, 1.165) is 38.5 Å². The number of carbonyl (C=O) groups excluding carboxylic acids is 1. The smallest absolute Gasteiger partial charge is 0.139 e. The Morgan fingerprint density at radius 2 is 2.15 bits per heavy atom. The van der Waals surface area contributed by atoms with Gasteiger partial charge in [-0.3, -0.25) is 4.79 Å². The maximum Gasteiger partial charge on any atom is 0.139 e. The average molecular weight is 274 g/mol. The van der Waals surface area contributed by atoms with Gasteiger partial charge in [0.2, 0.25) is 0 Å². The molecule has 2 heteroatoms. The Labute approximate surface area is 121 Å². The lowest BCUT2D eigenvalue weighted by Crippen LogP contribution is -2.64. The van der Waals surface area contributed by atoms with Gasteiger partial charge in [-0.25, -0.2) is 0 Å². The van der Waals surface area contributed by atoms with Crippen LogP contribution in [0.3, 0.4) is 0 Å². The molecule has 0 saturated heterocycles. The van der Waals surface area contributed by atoms with Crippen LogP contribution in [0.15, 0.2) is 12.7 Å². The van der Waals surface area contributed by atoms with E-state index in [-0.39, 0.29) is 22.9 Å². The summed E-state index contributed by atoms with van der Waals surface area (Å²) in [5.41, 5.74) is 0.313. The molecular weight excluding hydrogens is 248 g/mol. The molecule has 4 aliphatic rings. The molecule has 4 fully saturated rings. The van der Waals surface area contributed by atoms with Gasteiger partial charge in [-0.1, -0.05) is 13.0 Å². The van der Waals surface area contributed by atoms with Crippen molar-refractivity contribution >= 4 is 5.78 Å². The van der Waals surface area contributed by atoms with Gasteiger partial charge in [0.15, 0.2) is 0 Å². The van der Waals surface area contributed by atoms with E-state index in [0.29, 0.717) is 23.5 Å². The Bertz CT molecular complexity index is 470. The van der Waals surface area contributed by atoms with Gasteiger partial charge in [0.05, 0.1) is 6.10 Å². The van der Waals surface area contributed by atoms with Crippen LogP contribution in [0, 0.1) is 34.5 Å². The van der Waals surface area contributed by atoms with Crippen LogP contribution >= 0.6 is 0 Å². The average Bonchev–Trinajstić information content (AvgIpc) is 2.62. The van der Waals surface area contributed by atoms with Crippen molar-refractivity contribution < 1.29 is 9.90 Å². The molecule has 20 heavy (non-hydrogen) atoms. The van der Waals surface area contributed by atoms with Gasteiger partial charge in [0.25, 0.3) is 0 Å². The van der Waals surface area contributed by atoms with Crippen molar-refractivity contribution in [2.75, 3.05) is 0 Å². The summed E-state index contributed by atoms with van der Waals surface area (Å²) < 4.78 is 0. The fraction of sp³-hybridized carbons (Fsp3) is 0.833. The molecular formula is C18H26O2. The summed E-state index contributed by atoms with van der Waals surface area (Å²) in [5, 5.41) is 10.6. The van der Waals surface area contributed by atoms with E-state index in [9.17, 15) is 9.90 Å². The van der Waals surface area contributed by atoms with Crippen LogP contribution in [0.4, 0.5) is 0 Å². The van der Waals surface area contributed by atoms with Crippen LogP contribution in [-0.4, -0.2) is 17.0 Å². The summed E-state index contributed by atoms with van der Waals surface area (Å²) in [4.78, 5) is 12.5. The maximum atomic E-state index is 12.5. The highest BCUT2D eigenvalue weighted by Gasteiger charge is 2.74. The Hall–Kier alpha value is -0.630. The Morgan fingerprint density at radius 1 is 1.35 bits per heavy atom. The summed E-state index contributed by atoms with van der Waals surface area (Å²) in [7, 11) is 0. The van der Waals surface area contributed by atoms with Crippen molar-refractivity contribution in [1.29, 1.82) is 0 Å². The lowest BCUT2D eigenvalue weighted by molar-refractivity contribution is -0.196. The number of hydrogen-bond acceptors (Lipinski definition) is 2. The van der Waals surface area contributed by atoms with E-state index in [4.69, 9.17) is 0 Å². The second-order valence-electron chi connectivity index (χ2n) is 8.19. The zero-order chi connectivity index (χ0) is 14.1. The molecule has 0 aromatic rings. The number of aliphatic hydroxyl groups excluding tert-OH is 1. The monoisotopic (exact) mass is 274 g/mol. The van der Waals surface area contributed by atoms with E-state index >= 15 is 0 Å². The molecule has 0 heterocycles. The fourth-order valence-electron chi connectivity index (χ4n) is 6.83. The molecule has 2 nitrogen and oxygen atoms in total. The van der Waals surface area contributed by atoms with Crippen molar-refractivity contribution in [3.63, 3.8) is 0 Å². The Kier molecular flexibility index (Phi) is 2.59. The standard InChI is InChI=1S/C18H26O2/c1-3-12-4-5-13-11(2)8-18-10-17(16(13)18,9-14(12)19)7-6-15(18)20/h3,11-14,16,19H,1,4-10H2,2H3/t11?,12?,13?,14?,16-,17?,18?/m0/s1. The van der Waals surface area contributed by atoms with Crippen LogP contribution in [-0.2, 0) is 4.79 Å². The first kappa shape index (κ1) is 13.1. The molecule has 4 saturated carbocycles. The third-order valence-corrected chi connectivity index (χ3v) is 7.42. The zero-order valence-corrected chi connectivity index (χ0v) is 12.5. The minimum Gasteiger partial charge on any atom is -0.392 e. The molecule has 2 spiro atoms. The van der Waals surface area contributed by atoms with E-state index in [2.05, 4.69) is 13.5 Å². The van der Waals surface area contributed by atoms with Gasteiger partial charge in [-0.05, 0) is 61.7 Å². The first-order valence-electron chi connectivity index (χ1n) is 8.36. The normalized spacial score (nSPS) is 57.3. The van der Waals surface area contributed by atoms with Crippen molar-refractivity contribution in [2.24, 2.45) is 34.5 Å². The second kappa shape index (κ2) is 3.97. The molecule has 0 radical (unpaired) electrons. The molecule has 0 amide bonds. The number of ketones is 1. The molecule has 110 valence electrons. The van der Waals surface area contributed by atoms with Gasteiger partial charge >= 0.3 is 0 Å². The van der Waals surface area contributed by atoms with Crippen LogP contribution in [0.25, 0.3) is 0 Å². The summed E-state index contributed by atoms with van der Waals surface area (Å²) in [6, 6.07) is 0. The van der Waals surface area contributed by atoms with E-state index in [1.54, 1.807) is 0 Å².